The summed E-state index contributed by atoms with van der Waals surface area (Å²) in [7, 11) is 2.94. The van der Waals surface area contributed by atoms with Crippen molar-refractivity contribution in [3.05, 3.63) is 52.0 Å². The van der Waals surface area contributed by atoms with Crippen molar-refractivity contribution in [2.24, 2.45) is 0 Å². The highest BCUT2D eigenvalue weighted by molar-refractivity contribution is 6.55. The molecule has 6 heteroatoms. The van der Waals surface area contributed by atoms with Gasteiger partial charge in [-0.25, -0.2) is 0 Å². The third-order valence-electron chi connectivity index (χ3n) is 4.12. The maximum absolute atomic E-state index is 6.88. The Bertz CT molecular complexity index is 651. The fourth-order valence-corrected chi connectivity index (χ4v) is 5.07. The Morgan fingerprint density at radius 3 is 1.95 bits per heavy atom. The first-order chi connectivity index (χ1) is 9.89. The SMILES string of the molecule is COC1(OC)[C@]2(Cl)C(c3ccccc3)=C[C@@]1(Cl)C(Cl)=C2Cl. The maximum atomic E-state index is 6.88. The van der Waals surface area contributed by atoms with Crippen molar-refractivity contribution in [1.82, 2.24) is 0 Å². The number of ether oxygens (including phenoxy) is 2. The molecule has 0 saturated heterocycles. The van der Waals surface area contributed by atoms with Crippen LogP contribution in [0.5, 0.6) is 0 Å². The molecular formula is C15H12Cl4O2. The second-order valence-electron chi connectivity index (χ2n) is 4.95. The Labute approximate surface area is 143 Å². The lowest BCUT2D eigenvalue weighted by molar-refractivity contribution is -0.211. The molecule has 0 saturated carbocycles. The quantitative estimate of drug-likeness (QED) is 0.569. The average Bonchev–Trinajstić information content (AvgIpc) is 2.79. The third-order valence-corrected chi connectivity index (χ3v) is 6.56. The number of methoxy groups -OCH3 is 2. The second-order valence-corrected chi connectivity index (χ2v) is 6.87. The number of benzene rings is 1. The lowest BCUT2D eigenvalue weighted by Gasteiger charge is -2.41. The molecule has 1 aromatic rings. The molecule has 2 aliphatic carbocycles. The van der Waals surface area contributed by atoms with Gasteiger partial charge in [0.2, 0.25) is 5.79 Å². The first-order valence-electron chi connectivity index (χ1n) is 6.22. The minimum Gasteiger partial charge on any atom is -0.349 e. The van der Waals surface area contributed by atoms with E-state index in [1.54, 1.807) is 6.08 Å². The summed E-state index contributed by atoms with van der Waals surface area (Å²) in [5.41, 5.74) is 1.61. The van der Waals surface area contributed by atoms with Crippen LogP contribution < -0.4 is 0 Å². The molecular weight excluding hydrogens is 354 g/mol. The minimum absolute atomic E-state index is 0.226. The number of fused-ring (bicyclic) bond motifs is 2. The van der Waals surface area contributed by atoms with Crippen LogP contribution in [0.1, 0.15) is 5.56 Å². The van der Waals surface area contributed by atoms with Gasteiger partial charge in [0.25, 0.3) is 0 Å². The van der Waals surface area contributed by atoms with Gasteiger partial charge in [-0.2, -0.15) is 0 Å². The number of alkyl halides is 2. The molecule has 0 radical (unpaired) electrons. The average molecular weight is 366 g/mol. The van der Waals surface area contributed by atoms with E-state index in [9.17, 15) is 0 Å². The highest BCUT2D eigenvalue weighted by atomic mass is 35.5. The van der Waals surface area contributed by atoms with E-state index in [1.807, 2.05) is 30.3 Å². The van der Waals surface area contributed by atoms with Crippen LogP contribution in [-0.2, 0) is 9.47 Å². The van der Waals surface area contributed by atoms with Gasteiger partial charge in [0.1, 0.15) is 0 Å². The predicted molar refractivity (Wildman–Crippen MR) is 87.1 cm³/mol. The zero-order valence-corrected chi connectivity index (χ0v) is 14.3. The van der Waals surface area contributed by atoms with E-state index in [1.165, 1.54) is 14.2 Å². The molecule has 2 aliphatic rings. The van der Waals surface area contributed by atoms with Crippen molar-refractivity contribution in [3.8, 4) is 0 Å². The number of halogens is 4. The van der Waals surface area contributed by atoms with Gasteiger partial charge in [0.15, 0.2) is 9.75 Å². The normalized spacial score (nSPS) is 33.5. The molecule has 2 bridgehead atoms. The van der Waals surface area contributed by atoms with Crippen LogP contribution in [0.3, 0.4) is 0 Å². The van der Waals surface area contributed by atoms with Crippen molar-refractivity contribution in [2.75, 3.05) is 14.2 Å². The Hall–Kier alpha value is -0.220. The minimum atomic E-state index is -1.40. The number of hydrogen-bond donors (Lipinski definition) is 0. The van der Waals surface area contributed by atoms with Gasteiger partial charge in [-0.15, -0.1) is 23.2 Å². The second kappa shape index (κ2) is 4.89. The first kappa shape index (κ1) is 15.7. The molecule has 0 heterocycles. The zero-order chi connectivity index (χ0) is 15.5. The third kappa shape index (κ3) is 1.59. The Morgan fingerprint density at radius 2 is 1.48 bits per heavy atom. The van der Waals surface area contributed by atoms with Crippen molar-refractivity contribution in [1.29, 1.82) is 0 Å². The smallest absolute Gasteiger partial charge is 0.225 e. The maximum Gasteiger partial charge on any atom is 0.225 e. The zero-order valence-electron chi connectivity index (χ0n) is 11.3. The van der Waals surface area contributed by atoms with Gasteiger partial charge >= 0.3 is 0 Å². The van der Waals surface area contributed by atoms with E-state index < -0.39 is 15.5 Å². The molecule has 0 N–H and O–H groups in total. The van der Waals surface area contributed by atoms with E-state index in [2.05, 4.69) is 0 Å². The highest BCUT2D eigenvalue weighted by Crippen LogP contribution is 2.70. The molecule has 0 unspecified atom stereocenters. The molecule has 3 rings (SSSR count). The van der Waals surface area contributed by atoms with Crippen molar-refractivity contribution >= 4 is 52.0 Å². The number of rotatable bonds is 3. The monoisotopic (exact) mass is 364 g/mol. The molecule has 0 aromatic heterocycles. The van der Waals surface area contributed by atoms with Gasteiger partial charge < -0.3 is 9.47 Å². The van der Waals surface area contributed by atoms with Crippen LogP contribution in [0.25, 0.3) is 5.57 Å². The van der Waals surface area contributed by atoms with Crippen molar-refractivity contribution < 1.29 is 9.47 Å². The van der Waals surface area contributed by atoms with Gasteiger partial charge in [0, 0.05) is 14.2 Å². The van der Waals surface area contributed by atoms with Crippen LogP contribution in [-0.4, -0.2) is 29.8 Å². The Balaban J connectivity index is 2.28. The summed E-state index contributed by atoms with van der Waals surface area (Å²) in [5, 5.41) is 0.454. The summed E-state index contributed by atoms with van der Waals surface area (Å²) in [4.78, 5) is -2.56. The van der Waals surface area contributed by atoms with Gasteiger partial charge in [0.05, 0.1) is 10.1 Å². The van der Waals surface area contributed by atoms with Crippen molar-refractivity contribution in [3.63, 3.8) is 0 Å². The van der Waals surface area contributed by atoms with E-state index in [4.69, 9.17) is 55.9 Å². The van der Waals surface area contributed by atoms with Crippen molar-refractivity contribution in [2.45, 2.75) is 15.5 Å². The molecule has 2 nitrogen and oxygen atoms in total. The fourth-order valence-electron chi connectivity index (χ4n) is 3.16. The van der Waals surface area contributed by atoms with E-state index in [-0.39, 0.29) is 10.1 Å². The molecule has 21 heavy (non-hydrogen) atoms. The number of hydrogen-bond acceptors (Lipinski definition) is 2. The van der Waals surface area contributed by atoms with E-state index >= 15 is 0 Å². The summed E-state index contributed by atoms with van der Waals surface area (Å²) in [5.74, 6) is -1.40. The Kier molecular flexibility index (Phi) is 3.65. The van der Waals surface area contributed by atoms with Crippen LogP contribution >= 0.6 is 46.4 Å². The summed E-state index contributed by atoms with van der Waals surface area (Å²) >= 11 is 26.3. The highest BCUT2D eigenvalue weighted by Gasteiger charge is 2.77. The molecule has 1 aromatic carbocycles. The summed E-state index contributed by atoms with van der Waals surface area (Å²) in [6.07, 6.45) is 1.76. The van der Waals surface area contributed by atoms with E-state index in [0.717, 1.165) is 11.1 Å². The Morgan fingerprint density at radius 1 is 0.905 bits per heavy atom. The summed E-state index contributed by atoms with van der Waals surface area (Å²) in [6.45, 7) is 0. The first-order valence-corrected chi connectivity index (χ1v) is 7.73. The summed E-state index contributed by atoms with van der Waals surface area (Å²) < 4.78 is 11.2. The van der Waals surface area contributed by atoms with Crippen LogP contribution in [0.4, 0.5) is 0 Å². The van der Waals surface area contributed by atoms with E-state index in [0.29, 0.717) is 0 Å². The van der Waals surface area contributed by atoms with Crippen LogP contribution in [0.2, 0.25) is 0 Å². The molecule has 2 atom stereocenters. The van der Waals surface area contributed by atoms with Gasteiger partial charge in [-0.3, -0.25) is 0 Å². The standard InChI is InChI=1S/C15H12Cl4O2/c1-20-15(21-2)13(18)8-10(9-6-4-3-5-7-9)14(15,19)12(17)11(13)16/h3-8H,1-2H3/t13-,14+/m1/s1. The molecule has 0 aliphatic heterocycles. The largest absolute Gasteiger partial charge is 0.349 e. The molecule has 0 amide bonds. The lowest BCUT2D eigenvalue weighted by atomic mass is 9.91. The topological polar surface area (TPSA) is 18.5 Å². The summed E-state index contributed by atoms with van der Waals surface area (Å²) in [6, 6.07) is 9.57. The van der Waals surface area contributed by atoms with Gasteiger partial charge in [-0.05, 0) is 17.2 Å². The molecule has 0 fully saturated rings. The van der Waals surface area contributed by atoms with Crippen LogP contribution in [0.15, 0.2) is 46.5 Å². The van der Waals surface area contributed by atoms with Gasteiger partial charge in [-0.1, -0.05) is 53.5 Å². The lowest BCUT2D eigenvalue weighted by Crippen LogP contribution is -2.57. The molecule has 0 spiro atoms. The predicted octanol–water partition coefficient (Wildman–Crippen LogP) is 4.73. The molecule has 112 valence electrons. The van der Waals surface area contributed by atoms with Crippen LogP contribution in [0, 0.1) is 0 Å². The fraction of sp³-hybridized carbons (Fsp3) is 0.333.